The van der Waals surface area contributed by atoms with Gasteiger partial charge in [0, 0.05) is 16.5 Å². The minimum Gasteiger partial charge on any atom is -0.384 e. The summed E-state index contributed by atoms with van der Waals surface area (Å²) in [5, 5.41) is 13.7. The smallest absolute Gasteiger partial charge is 0.103 e. The Kier molecular flexibility index (Phi) is 4.03. The van der Waals surface area contributed by atoms with Crippen molar-refractivity contribution in [3.63, 3.8) is 0 Å². The zero-order valence-electron chi connectivity index (χ0n) is 10.2. The number of rotatable bonds is 4. The van der Waals surface area contributed by atoms with Gasteiger partial charge in [-0.2, -0.15) is 0 Å². The molecule has 0 amide bonds. The van der Waals surface area contributed by atoms with Crippen LogP contribution in [0.1, 0.15) is 18.1 Å². The highest BCUT2D eigenvalue weighted by Gasteiger charge is 2.32. The van der Waals surface area contributed by atoms with Crippen molar-refractivity contribution < 1.29 is 5.11 Å². The van der Waals surface area contributed by atoms with Crippen LogP contribution >= 0.6 is 23.4 Å². The van der Waals surface area contributed by atoms with E-state index in [0.717, 1.165) is 17.7 Å². The summed E-state index contributed by atoms with van der Waals surface area (Å²) >= 11 is 7.75. The minimum atomic E-state index is -0.936. The molecule has 1 aliphatic heterocycles. The van der Waals surface area contributed by atoms with Crippen molar-refractivity contribution in [1.82, 2.24) is 5.32 Å². The van der Waals surface area contributed by atoms with Crippen molar-refractivity contribution in [3.8, 4) is 0 Å². The van der Waals surface area contributed by atoms with Gasteiger partial charge in [0.25, 0.3) is 0 Å². The first kappa shape index (κ1) is 13.2. The molecule has 0 radical (unpaired) electrons. The Morgan fingerprint density at radius 3 is 3.00 bits per heavy atom. The van der Waals surface area contributed by atoms with Crippen molar-refractivity contribution in [2.24, 2.45) is 0 Å². The van der Waals surface area contributed by atoms with Crippen LogP contribution in [0.4, 0.5) is 0 Å². The number of hydrogen-bond acceptors (Lipinski definition) is 3. The van der Waals surface area contributed by atoms with Gasteiger partial charge >= 0.3 is 0 Å². The number of hydrogen-bond donors (Lipinski definition) is 2. The summed E-state index contributed by atoms with van der Waals surface area (Å²) in [6, 6.07) is 6.10. The number of thioether (sulfide) groups is 1. The molecule has 1 aromatic rings. The molecule has 2 rings (SSSR count). The number of fused-ring (bicyclic) bond motifs is 1. The van der Waals surface area contributed by atoms with Crippen LogP contribution in [-0.2, 0) is 12.0 Å². The summed E-state index contributed by atoms with van der Waals surface area (Å²) in [4.78, 5) is 1.30. The number of aryl methyl sites for hydroxylation is 1. The molecule has 0 saturated carbocycles. The molecular formula is C13H18ClNOS. The fourth-order valence-electron chi connectivity index (χ4n) is 2.19. The predicted molar refractivity (Wildman–Crippen MR) is 74.0 cm³/mol. The Balaban J connectivity index is 2.32. The fraction of sp³-hybridized carbons (Fsp3) is 0.538. The topological polar surface area (TPSA) is 32.3 Å². The van der Waals surface area contributed by atoms with E-state index in [0.29, 0.717) is 5.88 Å². The standard InChI is InChI=1S/C13H18ClNOS/c1-13(16,12(8-14)15-2)10-4-3-9-5-6-17-11(9)7-10/h3-4,7,12,15-16H,5-6,8H2,1-2H3. The van der Waals surface area contributed by atoms with Gasteiger partial charge < -0.3 is 10.4 Å². The fourth-order valence-corrected chi connectivity index (χ4v) is 3.75. The lowest BCUT2D eigenvalue weighted by atomic mass is 9.88. The molecule has 0 bridgehead atoms. The number of halogens is 1. The summed E-state index contributed by atoms with van der Waals surface area (Å²) < 4.78 is 0. The zero-order valence-corrected chi connectivity index (χ0v) is 11.7. The average Bonchev–Trinajstić information content (AvgIpc) is 2.77. The lowest BCUT2D eigenvalue weighted by molar-refractivity contribution is 0.0252. The van der Waals surface area contributed by atoms with E-state index in [-0.39, 0.29) is 6.04 Å². The Morgan fingerprint density at radius 1 is 1.59 bits per heavy atom. The largest absolute Gasteiger partial charge is 0.384 e. The third-order valence-corrected chi connectivity index (χ3v) is 4.87. The third-order valence-electron chi connectivity index (χ3n) is 3.46. The van der Waals surface area contributed by atoms with Gasteiger partial charge in [-0.3, -0.25) is 0 Å². The Hall–Kier alpha value is -0.220. The van der Waals surface area contributed by atoms with Gasteiger partial charge in [0.2, 0.25) is 0 Å². The van der Waals surface area contributed by atoms with Crippen molar-refractivity contribution in [3.05, 3.63) is 29.3 Å². The third kappa shape index (κ3) is 2.48. The molecule has 1 aliphatic rings. The van der Waals surface area contributed by atoms with Gasteiger partial charge in [0.05, 0.1) is 6.04 Å². The van der Waals surface area contributed by atoms with Crippen molar-refractivity contribution in [2.75, 3.05) is 18.7 Å². The molecule has 0 spiro atoms. The first-order valence-electron chi connectivity index (χ1n) is 5.81. The highest BCUT2D eigenvalue weighted by molar-refractivity contribution is 7.99. The van der Waals surface area contributed by atoms with E-state index >= 15 is 0 Å². The summed E-state index contributed by atoms with van der Waals surface area (Å²) in [5.41, 5.74) is 1.39. The molecule has 2 unspecified atom stereocenters. The van der Waals surface area contributed by atoms with Gasteiger partial charge in [-0.05, 0) is 37.6 Å². The second-order valence-corrected chi connectivity index (χ2v) is 6.01. The van der Waals surface area contributed by atoms with Crippen molar-refractivity contribution >= 4 is 23.4 Å². The number of nitrogens with one attached hydrogen (secondary N) is 1. The lowest BCUT2D eigenvalue weighted by Gasteiger charge is -2.32. The molecule has 94 valence electrons. The molecule has 0 saturated heterocycles. The van der Waals surface area contributed by atoms with E-state index in [9.17, 15) is 5.11 Å². The van der Waals surface area contributed by atoms with E-state index in [1.807, 2.05) is 31.8 Å². The molecule has 2 nitrogen and oxygen atoms in total. The van der Waals surface area contributed by atoms with E-state index < -0.39 is 5.60 Å². The molecule has 2 N–H and O–H groups in total. The number of alkyl halides is 1. The molecule has 1 aromatic carbocycles. The van der Waals surface area contributed by atoms with E-state index in [1.165, 1.54) is 10.5 Å². The second-order valence-electron chi connectivity index (χ2n) is 4.56. The summed E-state index contributed by atoms with van der Waals surface area (Å²) in [6.07, 6.45) is 1.13. The second kappa shape index (κ2) is 5.19. The van der Waals surface area contributed by atoms with E-state index in [2.05, 4.69) is 17.4 Å². The van der Waals surface area contributed by atoms with Crippen LogP contribution in [0.3, 0.4) is 0 Å². The summed E-state index contributed by atoms with van der Waals surface area (Å²) in [7, 11) is 1.82. The highest BCUT2D eigenvalue weighted by Crippen LogP contribution is 2.35. The number of aliphatic hydroxyl groups is 1. The van der Waals surface area contributed by atoms with Gasteiger partial charge in [-0.25, -0.2) is 0 Å². The van der Waals surface area contributed by atoms with E-state index in [4.69, 9.17) is 11.6 Å². The lowest BCUT2D eigenvalue weighted by Crippen LogP contribution is -2.46. The normalized spacial score (nSPS) is 19.8. The Bertz CT molecular complexity index is 404. The number of benzene rings is 1. The summed E-state index contributed by atoms with van der Waals surface area (Å²) in [6.45, 7) is 1.82. The van der Waals surface area contributed by atoms with Gasteiger partial charge in [-0.15, -0.1) is 23.4 Å². The monoisotopic (exact) mass is 271 g/mol. The Labute approximate surface area is 112 Å². The van der Waals surface area contributed by atoms with Crippen molar-refractivity contribution in [2.45, 2.75) is 29.9 Å². The van der Waals surface area contributed by atoms with Gasteiger partial charge in [0.15, 0.2) is 0 Å². The number of likely N-dealkylation sites (N-methyl/N-ethyl adjacent to an activating group) is 1. The van der Waals surface area contributed by atoms with Crippen LogP contribution in [0.2, 0.25) is 0 Å². The average molecular weight is 272 g/mol. The highest BCUT2D eigenvalue weighted by atomic mass is 35.5. The van der Waals surface area contributed by atoms with Crippen molar-refractivity contribution in [1.29, 1.82) is 0 Å². The van der Waals surface area contributed by atoms with Gasteiger partial charge in [-0.1, -0.05) is 12.1 Å². The molecule has 4 heteroatoms. The molecule has 0 fully saturated rings. The SMILES string of the molecule is CNC(CCl)C(C)(O)c1ccc2c(c1)SCC2. The van der Waals surface area contributed by atoms with Crippen LogP contribution in [0, 0.1) is 0 Å². The first-order valence-corrected chi connectivity index (χ1v) is 7.33. The van der Waals surface area contributed by atoms with E-state index in [1.54, 1.807) is 0 Å². The van der Waals surface area contributed by atoms with Crippen LogP contribution < -0.4 is 5.32 Å². The molecule has 0 aliphatic carbocycles. The quantitative estimate of drug-likeness (QED) is 0.825. The maximum absolute atomic E-state index is 10.6. The van der Waals surface area contributed by atoms with Crippen LogP contribution in [-0.4, -0.2) is 29.8 Å². The van der Waals surface area contributed by atoms with Crippen LogP contribution in [0.15, 0.2) is 23.1 Å². The molecule has 17 heavy (non-hydrogen) atoms. The molecular weight excluding hydrogens is 254 g/mol. The summed E-state index contributed by atoms with van der Waals surface area (Å²) in [5.74, 6) is 1.53. The van der Waals surface area contributed by atoms with Crippen LogP contribution in [0.25, 0.3) is 0 Å². The van der Waals surface area contributed by atoms with Gasteiger partial charge in [0.1, 0.15) is 5.60 Å². The zero-order chi connectivity index (χ0) is 12.5. The Morgan fingerprint density at radius 2 is 2.35 bits per heavy atom. The molecule has 0 aromatic heterocycles. The maximum Gasteiger partial charge on any atom is 0.103 e. The predicted octanol–water partition coefficient (Wildman–Crippen LogP) is 2.37. The maximum atomic E-state index is 10.6. The van der Waals surface area contributed by atoms with Crippen LogP contribution in [0.5, 0.6) is 0 Å². The molecule has 1 heterocycles. The first-order chi connectivity index (χ1) is 8.09. The minimum absolute atomic E-state index is 0.145. The molecule has 2 atom stereocenters.